The van der Waals surface area contributed by atoms with Crippen molar-refractivity contribution in [1.29, 1.82) is 0 Å². The molecule has 2 rings (SSSR count). The summed E-state index contributed by atoms with van der Waals surface area (Å²) in [6.45, 7) is 2.04. The number of aliphatic carboxylic acids is 1. The fraction of sp³-hybridized carbons (Fsp3) is 0.545. The summed E-state index contributed by atoms with van der Waals surface area (Å²) in [6.07, 6.45) is 1.61. The maximum absolute atomic E-state index is 10.9. The van der Waals surface area contributed by atoms with Crippen molar-refractivity contribution in [3.05, 3.63) is 22.4 Å². The minimum absolute atomic E-state index is 0.358. The van der Waals surface area contributed by atoms with E-state index in [-0.39, 0.29) is 5.60 Å². The van der Waals surface area contributed by atoms with Crippen LogP contribution in [-0.2, 0) is 15.1 Å². The van der Waals surface area contributed by atoms with Gasteiger partial charge in [-0.2, -0.15) is 11.3 Å². The Balaban J connectivity index is 2.22. The molecule has 1 N–H and O–H groups in total. The minimum Gasteiger partial charge on any atom is -0.479 e. The van der Waals surface area contributed by atoms with Crippen molar-refractivity contribution in [2.24, 2.45) is 0 Å². The normalized spacial score (nSPS) is 30.6. The van der Waals surface area contributed by atoms with Crippen LogP contribution in [0.15, 0.2) is 16.8 Å². The van der Waals surface area contributed by atoms with Crippen LogP contribution in [0.5, 0.6) is 0 Å². The Bertz CT molecular complexity index is 347. The molecule has 1 saturated heterocycles. The lowest BCUT2D eigenvalue weighted by Gasteiger charge is -2.26. The monoisotopic (exact) mass is 226 g/mol. The fourth-order valence-corrected chi connectivity index (χ4v) is 2.87. The highest BCUT2D eigenvalue weighted by Gasteiger charge is 2.43. The number of ether oxygens (including phenoxy) is 1. The predicted molar refractivity (Wildman–Crippen MR) is 58.0 cm³/mol. The van der Waals surface area contributed by atoms with Gasteiger partial charge in [-0.3, -0.25) is 0 Å². The van der Waals surface area contributed by atoms with Gasteiger partial charge in [-0.05, 0) is 41.7 Å². The molecule has 1 fully saturated rings. The third-order valence-electron chi connectivity index (χ3n) is 3.07. The van der Waals surface area contributed by atoms with E-state index >= 15 is 0 Å². The van der Waals surface area contributed by atoms with Crippen molar-refractivity contribution < 1.29 is 14.6 Å². The molecule has 2 unspecified atom stereocenters. The maximum atomic E-state index is 10.9. The van der Waals surface area contributed by atoms with E-state index in [0.29, 0.717) is 6.42 Å². The van der Waals surface area contributed by atoms with Crippen molar-refractivity contribution in [2.75, 3.05) is 0 Å². The van der Waals surface area contributed by atoms with Crippen molar-refractivity contribution in [3.8, 4) is 0 Å². The molecule has 0 amide bonds. The summed E-state index contributed by atoms with van der Waals surface area (Å²) >= 11 is 1.62. The summed E-state index contributed by atoms with van der Waals surface area (Å²) in [4.78, 5) is 10.9. The summed E-state index contributed by atoms with van der Waals surface area (Å²) in [5.74, 6) is -0.847. The van der Waals surface area contributed by atoms with Crippen LogP contribution in [0.25, 0.3) is 0 Å². The highest BCUT2D eigenvalue weighted by Crippen LogP contribution is 2.42. The molecule has 1 aromatic heterocycles. The van der Waals surface area contributed by atoms with E-state index in [1.54, 1.807) is 11.3 Å². The molecule has 1 aromatic rings. The second-order valence-electron chi connectivity index (χ2n) is 3.84. The van der Waals surface area contributed by atoms with E-state index in [4.69, 9.17) is 9.84 Å². The van der Waals surface area contributed by atoms with Gasteiger partial charge in [-0.25, -0.2) is 4.79 Å². The highest BCUT2D eigenvalue weighted by molar-refractivity contribution is 7.08. The lowest BCUT2D eigenvalue weighted by molar-refractivity contribution is -0.155. The zero-order valence-corrected chi connectivity index (χ0v) is 9.42. The molecule has 82 valence electrons. The summed E-state index contributed by atoms with van der Waals surface area (Å²) in [5, 5.41) is 13.0. The standard InChI is InChI=1S/C11H14O3S/c1-2-11(8-4-6-15-7-8)5-3-9(14-11)10(12)13/h4,6-7,9H,2-3,5H2,1H3,(H,12,13). The Morgan fingerprint density at radius 1 is 1.80 bits per heavy atom. The lowest BCUT2D eigenvalue weighted by atomic mass is 9.90. The van der Waals surface area contributed by atoms with Gasteiger partial charge >= 0.3 is 5.97 Å². The van der Waals surface area contributed by atoms with Gasteiger partial charge in [-0.15, -0.1) is 0 Å². The van der Waals surface area contributed by atoms with Crippen molar-refractivity contribution in [2.45, 2.75) is 37.9 Å². The van der Waals surface area contributed by atoms with Gasteiger partial charge in [0.25, 0.3) is 0 Å². The van der Waals surface area contributed by atoms with E-state index in [2.05, 4.69) is 0 Å². The van der Waals surface area contributed by atoms with Gasteiger partial charge in [0.1, 0.15) is 0 Å². The first kappa shape index (κ1) is 10.6. The molecular formula is C11H14O3S. The second kappa shape index (κ2) is 3.94. The molecule has 3 nitrogen and oxygen atoms in total. The van der Waals surface area contributed by atoms with E-state index < -0.39 is 12.1 Å². The Morgan fingerprint density at radius 2 is 2.60 bits per heavy atom. The summed E-state index contributed by atoms with van der Waals surface area (Å²) in [6, 6.07) is 2.03. The third kappa shape index (κ3) is 1.79. The molecule has 0 aromatic carbocycles. The molecule has 1 aliphatic heterocycles. The first-order chi connectivity index (χ1) is 7.18. The maximum Gasteiger partial charge on any atom is 0.332 e. The molecular weight excluding hydrogens is 212 g/mol. The molecule has 0 spiro atoms. The van der Waals surface area contributed by atoms with Crippen LogP contribution in [0.1, 0.15) is 31.7 Å². The molecule has 0 bridgehead atoms. The first-order valence-corrected chi connectivity index (χ1v) is 6.05. The number of carboxylic acid groups (broad SMARTS) is 1. The van der Waals surface area contributed by atoms with Gasteiger partial charge in [-0.1, -0.05) is 6.92 Å². The average Bonchev–Trinajstić information content (AvgIpc) is 2.87. The SMILES string of the molecule is CCC1(c2ccsc2)CCC(C(=O)O)O1. The predicted octanol–water partition coefficient (Wildman–Crippen LogP) is 2.62. The largest absolute Gasteiger partial charge is 0.479 e. The van der Waals surface area contributed by atoms with Crippen LogP contribution in [-0.4, -0.2) is 17.2 Å². The van der Waals surface area contributed by atoms with Crippen LogP contribution >= 0.6 is 11.3 Å². The van der Waals surface area contributed by atoms with Gasteiger partial charge in [0.15, 0.2) is 6.10 Å². The second-order valence-corrected chi connectivity index (χ2v) is 4.62. The number of carbonyl (C=O) groups is 1. The van der Waals surface area contributed by atoms with Crippen LogP contribution in [0.4, 0.5) is 0 Å². The number of carboxylic acids is 1. The Hall–Kier alpha value is -0.870. The van der Waals surface area contributed by atoms with Crippen molar-refractivity contribution in [3.63, 3.8) is 0 Å². The van der Waals surface area contributed by atoms with E-state index in [0.717, 1.165) is 18.4 Å². The van der Waals surface area contributed by atoms with Gasteiger partial charge in [0.2, 0.25) is 0 Å². The molecule has 2 atom stereocenters. The Kier molecular flexibility index (Phi) is 2.80. The molecule has 2 heterocycles. The fourth-order valence-electron chi connectivity index (χ4n) is 2.13. The van der Waals surface area contributed by atoms with Gasteiger partial charge < -0.3 is 9.84 Å². The first-order valence-electron chi connectivity index (χ1n) is 5.11. The Morgan fingerprint density at radius 3 is 3.07 bits per heavy atom. The lowest BCUT2D eigenvalue weighted by Crippen LogP contribution is -2.28. The van der Waals surface area contributed by atoms with Crippen molar-refractivity contribution >= 4 is 17.3 Å². The van der Waals surface area contributed by atoms with E-state index in [1.165, 1.54) is 0 Å². The molecule has 1 aliphatic rings. The van der Waals surface area contributed by atoms with Crippen molar-refractivity contribution in [1.82, 2.24) is 0 Å². The summed E-state index contributed by atoms with van der Waals surface area (Å²) < 4.78 is 5.71. The van der Waals surface area contributed by atoms with Crippen LogP contribution in [0, 0.1) is 0 Å². The van der Waals surface area contributed by atoms with Gasteiger partial charge in [0.05, 0.1) is 5.60 Å². The van der Waals surface area contributed by atoms with E-state index in [1.807, 2.05) is 23.8 Å². The van der Waals surface area contributed by atoms with Crippen LogP contribution in [0.3, 0.4) is 0 Å². The molecule has 0 saturated carbocycles. The third-order valence-corrected chi connectivity index (χ3v) is 3.76. The summed E-state index contributed by atoms with van der Waals surface area (Å²) in [7, 11) is 0. The quantitative estimate of drug-likeness (QED) is 0.861. The zero-order chi connectivity index (χ0) is 10.9. The number of thiophene rings is 1. The minimum atomic E-state index is -0.847. The summed E-state index contributed by atoms with van der Waals surface area (Å²) in [5.41, 5.74) is 0.766. The smallest absolute Gasteiger partial charge is 0.332 e. The topological polar surface area (TPSA) is 46.5 Å². The molecule has 0 aliphatic carbocycles. The number of rotatable bonds is 3. The van der Waals surface area contributed by atoms with Crippen LogP contribution < -0.4 is 0 Å². The Labute approximate surface area is 92.7 Å². The molecule has 0 radical (unpaired) electrons. The van der Waals surface area contributed by atoms with Gasteiger partial charge in [0, 0.05) is 0 Å². The van der Waals surface area contributed by atoms with E-state index in [9.17, 15) is 4.79 Å². The zero-order valence-electron chi connectivity index (χ0n) is 8.60. The van der Waals surface area contributed by atoms with Crippen LogP contribution in [0.2, 0.25) is 0 Å². The molecule has 15 heavy (non-hydrogen) atoms. The highest BCUT2D eigenvalue weighted by atomic mass is 32.1. The number of hydrogen-bond acceptors (Lipinski definition) is 3. The molecule has 4 heteroatoms. The average molecular weight is 226 g/mol. The number of hydrogen-bond donors (Lipinski definition) is 1.